The van der Waals surface area contributed by atoms with Crippen molar-refractivity contribution in [1.82, 2.24) is 10.2 Å². The fourth-order valence-electron chi connectivity index (χ4n) is 3.44. The van der Waals surface area contributed by atoms with Crippen molar-refractivity contribution < 1.29 is 19.2 Å². The highest BCUT2D eigenvalue weighted by Gasteiger charge is 2.35. The summed E-state index contributed by atoms with van der Waals surface area (Å²) in [4.78, 5) is 50.6. The molecule has 2 aliphatic heterocycles. The highest BCUT2D eigenvalue weighted by molar-refractivity contribution is 6.22. The van der Waals surface area contributed by atoms with Crippen LogP contribution in [0.5, 0.6) is 0 Å². The van der Waals surface area contributed by atoms with Crippen molar-refractivity contribution in [2.24, 2.45) is 0 Å². The van der Waals surface area contributed by atoms with Gasteiger partial charge in [-0.3, -0.25) is 24.1 Å². The maximum absolute atomic E-state index is 12.6. The van der Waals surface area contributed by atoms with Crippen molar-refractivity contribution in [1.29, 1.82) is 0 Å². The summed E-state index contributed by atoms with van der Waals surface area (Å²) in [7, 11) is 0. The third kappa shape index (κ3) is 2.94. The Balaban J connectivity index is 1.55. The van der Waals surface area contributed by atoms with E-state index in [9.17, 15) is 19.2 Å². The van der Waals surface area contributed by atoms with Crippen LogP contribution in [0.4, 0.5) is 5.69 Å². The van der Waals surface area contributed by atoms with Gasteiger partial charge in [-0.15, -0.1) is 0 Å². The van der Waals surface area contributed by atoms with Crippen LogP contribution in [-0.2, 0) is 6.54 Å². The SMILES string of the molecule is CCCCN1C(=O)c2ccc(C(=O)Nc3ccc4c(c3)C(=O)NC4)cc2C1=O. The average molecular weight is 377 g/mol. The molecule has 2 aliphatic rings. The van der Waals surface area contributed by atoms with E-state index < -0.39 is 5.91 Å². The van der Waals surface area contributed by atoms with Crippen LogP contribution in [0.15, 0.2) is 36.4 Å². The fourth-order valence-corrected chi connectivity index (χ4v) is 3.44. The van der Waals surface area contributed by atoms with Crippen molar-refractivity contribution in [3.63, 3.8) is 0 Å². The van der Waals surface area contributed by atoms with Crippen LogP contribution in [0.25, 0.3) is 0 Å². The summed E-state index contributed by atoms with van der Waals surface area (Å²) in [6.07, 6.45) is 1.62. The summed E-state index contributed by atoms with van der Waals surface area (Å²) in [5, 5.41) is 5.47. The molecule has 142 valence electrons. The minimum absolute atomic E-state index is 0.167. The molecule has 2 aromatic carbocycles. The molecule has 7 heteroatoms. The number of hydrogen-bond acceptors (Lipinski definition) is 4. The van der Waals surface area contributed by atoms with Crippen molar-refractivity contribution in [3.05, 3.63) is 64.2 Å². The predicted octanol–water partition coefficient (Wildman–Crippen LogP) is 2.58. The van der Waals surface area contributed by atoms with E-state index in [0.717, 1.165) is 18.4 Å². The van der Waals surface area contributed by atoms with Gasteiger partial charge < -0.3 is 10.6 Å². The van der Waals surface area contributed by atoms with Crippen LogP contribution in [0, 0.1) is 0 Å². The number of unbranched alkanes of at least 4 members (excludes halogenated alkanes) is 1. The molecule has 0 saturated heterocycles. The van der Waals surface area contributed by atoms with Gasteiger partial charge in [0, 0.05) is 29.9 Å². The first-order chi connectivity index (χ1) is 13.5. The summed E-state index contributed by atoms with van der Waals surface area (Å²) in [6.45, 7) is 2.85. The summed E-state index contributed by atoms with van der Waals surface area (Å²) in [5.41, 5.74) is 2.78. The molecular weight excluding hydrogens is 358 g/mol. The number of nitrogens with one attached hydrogen (secondary N) is 2. The molecule has 2 heterocycles. The molecule has 0 bridgehead atoms. The van der Waals surface area contributed by atoms with E-state index in [1.165, 1.54) is 23.1 Å². The number of fused-ring (bicyclic) bond motifs is 2. The normalized spacial score (nSPS) is 14.8. The van der Waals surface area contributed by atoms with Gasteiger partial charge in [0.1, 0.15) is 0 Å². The first-order valence-corrected chi connectivity index (χ1v) is 9.22. The second-order valence-electron chi connectivity index (χ2n) is 6.88. The van der Waals surface area contributed by atoms with Gasteiger partial charge in [-0.05, 0) is 42.3 Å². The molecule has 4 rings (SSSR count). The summed E-state index contributed by atoms with van der Waals surface area (Å²) in [5.74, 6) is -1.25. The smallest absolute Gasteiger partial charge is 0.261 e. The van der Waals surface area contributed by atoms with Gasteiger partial charge in [-0.25, -0.2) is 0 Å². The highest BCUT2D eigenvalue weighted by Crippen LogP contribution is 2.25. The third-order valence-electron chi connectivity index (χ3n) is 5.02. The molecule has 0 aliphatic carbocycles. The van der Waals surface area contributed by atoms with Gasteiger partial charge in [0.05, 0.1) is 11.1 Å². The minimum Gasteiger partial charge on any atom is -0.348 e. The average Bonchev–Trinajstić information content (AvgIpc) is 3.18. The van der Waals surface area contributed by atoms with Gasteiger partial charge in [0.2, 0.25) is 0 Å². The molecule has 28 heavy (non-hydrogen) atoms. The molecule has 0 spiro atoms. The maximum Gasteiger partial charge on any atom is 0.261 e. The first kappa shape index (κ1) is 17.9. The van der Waals surface area contributed by atoms with Crippen LogP contribution < -0.4 is 10.6 Å². The Morgan fingerprint density at radius 1 is 1.04 bits per heavy atom. The van der Waals surface area contributed by atoms with Crippen LogP contribution in [0.3, 0.4) is 0 Å². The Morgan fingerprint density at radius 2 is 1.82 bits per heavy atom. The summed E-state index contributed by atoms with van der Waals surface area (Å²) in [6, 6.07) is 9.65. The predicted molar refractivity (Wildman–Crippen MR) is 102 cm³/mol. The van der Waals surface area contributed by atoms with E-state index in [-0.39, 0.29) is 28.8 Å². The van der Waals surface area contributed by atoms with Crippen molar-refractivity contribution in [3.8, 4) is 0 Å². The Morgan fingerprint density at radius 3 is 2.61 bits per heavy atom. The van der Waals surface area contributed by atoms with E-state index >= 15 is 0 Å². The largest absolute Gasteiger partial charge is 0.348 e. The molecule has 0 aromatic heterocycles. The van der Waals surface area contributed by atoms with E-state index in [0.29, 0.717) is 29.9 Å². The molecule has 2 aromatic rings. The van der Waals surface area contributed by atoms with Gasteiger partial charge in [0.25, 0.3) is 23.6 Å². The zero-order chi connectivity index (χ0) is 19.8. The van der Waals surface area contributed by atoms with Gasteiger partial charge >= 0.3 is 0 Å². The number of carbonyl (C=O) groups excluding carboxylic acids is 4. The minimum atomic E-state index is -0.409. The Bertz CT molecular complexity index is 1030. The molecule has 0 unspecified atom stereocenters. The second kappa shape index (κ2) is 6.92. The molecule has 2 N–H and O–H groups in total. The summed E-state index contributed by atoms with van der Waals surface area (Å²) >= 11 is 0. The topological polar surface area (TPSA) is 95.6 Å². The maximum atomic E-state index is 12.6. The number of rotatable bonds is 5. The fraction of sp³-hybridized carbons (Fsp3) is 0.238. The third-order valence-corrected chi connectivity index (χ3v) is 5.02. The number of benzene rings is 2. The van der Waals surface area contributed by atoms with E-state index in [2.05, 4.69) is 10.6 Å². The lowest BCUT2D eigenvalue weighted by Crippen LogP contribution is -2.30. The quantitative estimate of drug-likeness (QED) is 0.783. The molecule has 0 radical (unpaired) electrons. The van der Waals surface area contributed by atoms with Crippen LogP contribution in [0.2, 0.25) is 0 Å². The lowest BCUT2D eigenvalue weighted by atomic mass is 10.0. The van der Waals surface area contributed by atoms with E-state index in [1.807, 2.05) is 6.92 Å². The zero-order valence-corrected chi connectivity index (χ0v) is 15.4. The first-order valence-electron chi connectivity index (χ1n) is 9.22. The van der Waals surface area contributed by atoms with E-state index in [4.69, 9.17) is 0 Å². The van der Waals surface area contributed by atoms with Crippen molar-refractivity contribution in [2.75, 3.05) is 11.9 Å². The lowest BCUT2D eigenvalue weighted by molar-refractivity contribution is 0.0651. The van der Waals surface area contributed by atoms with Crippen LogP contribution in [-0.4, -0.2) is 35.1 Å². The molecule has 0 saturated carbocycles. The van der Waals surface area contributed by atoms with Crippen molar-refractivity contribution >= 4 is 29.3 Å². The second-order valence-corrected chi connectivity index (χ2v) is 6.88. The number of anilines is 1. The Kier molecular flexibility index (Phi) is 4.43. The number of amides is 4. The Labute approximate surface area is 161 Å². The number of nitrogens with zero attached hydrogens (tertiary/aromatic N) is 1. The number of imide groups is 1. The summed E-state index contributed by atoms with van der Waals surface area (Å²) < 4.78 is 0. The number of carbonyl (C=O) groups is 4. The van der Waals surface area contributed by atoms with Gasteiger partial charge in [-0.1, -0.05) is 19.4 Å². The van der Waals surface area contributed by atoms with Gasteiger partial charge in [0.15, 0.2) is 0 Å². The molecule has 4 amide bonds. The molecular formula is C21H19N3O4. The molecule has 0 atom stereocenters. The monoisotopic (exact) mass is 377 g/mol. The van der Waals surface area contributed by atoms with Crippen LogP contribution >= 0.6 is 0 Å². The van der Waals surface area contributed by atoms with Gasteiger partial charge in [-0.2, -0.15) is 0 Å². The van der Waals surface area contributed by atoms with Crippen LogP contribution in [0.1, 0.15) is 66.8 Å². The lowest BCUT2D eigenvalue weighted by Gasteiger charge is -2.12. The van der Waals surface area contributed by atoms with E-state index in [1.54, 1.807) is 18.2 Å². The zero-order valence-electron chi connectivity index (χ0n) is 15.4. The molecule has 0 fully saturated rings. The Hall–Kier alpha value is -3.48. The molecule has 7 nitrogen and oxygen atoms in total. The highest BCUT2D eigenvalue weighted by atomic mass is 16.2. The van der Waals surface area contributed by atoms with Crippen molar-refractivity contribution in [2.45, 2.75) is 26.3 Å². The number of hydrogen-bond donors (Lipinski definition) is 2. The standard InChI is InChI=1S/C21H19N3O4/c1-2-3-8-24-20(27)15-7-5-12(9-17(15)21(24)28)18(25)23-14-6-4-13-11-22-19(26)16(13)10-14/h4-7,9-10H,2-3,8,11H2,1H3,(H,22,26)(H,23,25).